The highest BCUT2D eigenvalue weighted by Gasteiger charge is 2.25. The second-order valence-electron chi connectivity index (χ2n) is 5.25. The van der Waals surface area contributed by atoms with Gasteiger partial charge in [-0.05, 0) is 44.2 Å². The summed E-state index contributed by atoms with van der Waals surface area (Å²) in [5.74, 6) is 0.266. The Morgan fingerprint density at radius 2 is 2.00 bits per heavy atom. The first kappa shape index (κ1) is 14.7. The Bertz CT molecular complexity index is 441. The molecule has 0 spiro atoms. The number of nitrogen functional groups attached to an aromatic ring is 1. The fraction of sp³-hybridized carbons (Fsp3) is 0.562. The highest BCUT2D eigenvalue weighted by Crippen LogP contribution is 2.24. The van der Waals surface area contributed by atoms with Gasteiger partial charge in [-0.3, -0.25) is 0 Å². The van der Waals surface area contributed by atoms with Gasteiger partial charge in [0.05, 0.1) is 5.69 Å². The number of nitrogens with two attached hydrogens (primary N) is 1. The summed E-state index contributed by atoms with van der Waals surface area (Å²) in [4.78, 5) is 12.2. The molecule has 0 saturated heterocycles. The third kappa shape index (κ3) is 3.89. The van der Waals surface area contributed by atoms with Gasteiger partial charge < -0.3 is 15.2 Å². The Kier molecular flexibility index (Phi) is 5.27. The Balaban J connectivity index is 1.93. The van der Waals surface area contributed by atoms with Crippen LogP contribution in [0, 0.1) is 0 Å². The number of carbonyl (C=O) groups excluding carboxylic acids is 1. The molecular weight excluding hydrogens is 254 g/mol. The van der Waals surface area contributed by atoms with E-state index < -0.39 is 6.10 Å². The van der Waals surface area contributed by atoms with Crippen LogP contribution in [-0.4, -0.2) is 18.2 Å². The van der Waals surface area contributed by atoms with Gasteiger partial charge in [0.25, 0.3) is 0 Å². The molecule has 110 valence electrons. The van der Waals surface area contributed by atoms with Crippen LogP contribution in [0.1, 0.15) is 45.4 Å². The van der Waals surface area contributed by atoms with Crippen molar-refractivity contribution in [3.05, 3.63) is 24.3 Å². The molecule has 1 aromatic carbocycles. The molecule has 1 saturated carbocycles. The fourth-order valence-electron chi connectivity index (χ4n) is 2.46. The van der Waals surface area contributed by atoms with Crippen molar-refractivity contribution in [2.24, 2.45) is 0 Å². The maximum atomic E-state index is 12.2. The molecule has 0 amide bonds. The molecule has 20 heavy (non-hydrogen) atoms. The Hall–Kier alpha value is -1.71. The van der Waals surface area contributed by atoms with Crippen LogP contribution in [-0.2, 0) is 9.53 Å². The summed E-state index contributed by atoms with van der Waals surface area (Å²) < 4.78 is 11.2. The SMILES string of the molecule is CCC(Oc1ccccc1N)C(=O)OC1CCCCC1. The fourth-order valence-corrected chi connectivity index (χ4v) is 2.46. The van der Waals surface area contributed by atoms with Crippen LogP contribution in [0.15, 0.2) is 24.3 Å². The summed E-state index contributed by atoms with van der Waals surface area (Å²) in [6.07, 6.45) is 5.50. The van der Waals surface area contributed by atoms with Crippen LogP contribution in [0.25, 0.3) is 0 Å². The van der Waals surface area contributed by atoms with Crippen molar-refractivity contribution in [1.82, 2.24) is 0 Å². The van der Waals surface area contributed by atoms with E-state index in [9.17, 15) is 4.79 Å². The van der Waals surface area contributed by atoms with Crippen molar-refractivity contribution in [3.8, 4) is 5.75 Å². The molecule has 1 fully saturated rings. The zero-order valence-electron chi connectivity index (χ0n) is 12.0. The van der Waals surface area contributed by atoms with Crippen molar-refractivity contribution >= 4 is 11.7 Å². The van der Waals surface area contributed by atoms with Gasteiger partial charge in [0.15, 0.2) is 6.10 Å². The third-order valence-corrected chi connectivity index (χ3v) is 3.66. The molecule has 4 heteroatoms. The molecule has 0 aliphatic heterocycles. The summed E-state index contributed by atoms with van der Waals surface area (Å²) >= 11 is 0. The quantitative estimate of drug-likeness (QED) is 0.662. The third-order valence-electron chi connectivity index (χ3n) is 3.66. The largest absolute Gasteiger partial charge is 0.477 e. The van der Waals surface area contributed by atoms with Gasteiger partial charge >= 0.3 is 5.97 Å². The summed E-state index contributed by atoms with van der Waals surface area (Å²) in [5, 5.41) is 0. The summed E-state index contributed by atoms with van der Waals surface area (Å²) in [7, 11) is 0. The Labute approximate surface area is 120 Å². The second-order valence-corrected chi connectivity index (χ2v) is 5.25. The molecule has 0 heterocycles. The lowest BCUT2D eigenvalue weighted by Crippen LogP contribution is -2.33. The Morgan fingerprint density at radius 1 is 1.30 bits per heavy atom. The van der Waals surface area contributed by atoms with Crippen LogP contribution in [0.5, 0.6) is 5.75 Å². The highest BCUT2D eigenvalue weighted by atomic mass is 16.6. The van der Waals surface area contributed by atoms with E-state index >= 15 is 0 Å². The molecule has 0 aromatic heterocycles. The number of ether oxygens (including phenoxy) is 2. The van der Waals surface area contributed by atoms with Crippen LogP contribution in [0.4, 0.5) is 5.69 Å². The standard InChI is InChI=1S/C16H23NO3/c1-2-14(20-15-11-7-6-10-13(15)17)16(18)19-12-8-4-3-5-9-12/h6-7,10-12,14H,2-5,8-9,17H2,1H3. The lowest BCUT2D eigenvalue weighted by atomic mass is 9.98. The molecule has 1 aromatic rings. The minimum Gasteiger partial charge on any atom is -0.477 e. The van der Waals surface area contributed by atoms with E-state index in [2.05, 4.69) is 0 Å². The molecule has 0 radical (unpaired) electrons. The first-order valence-electron chi connectivity index (χ1n) is 7.42. The zero-order chi connectivity index (χ0) is 14.4. The number of anilines is 1. The number of hydrogen-bond acceptors (Lipinski definition) is 4. The topological polar surface area (TPSA) is 61.5 Å². The zero-order valence-corrected chi connectivity index (χ0v) is 12.0. The monoisotopic (exact) mass is 277 g/mol. The number of hydrogen-bond donors (Lipinski definition) is 1. The predicted molar refractivity (Wildman–Crippen MR) is 78.5 cm³/mol. The maximum absolute atomic E-state index is 12.2. The number of esters is 1. The van der Waals surface area contributed by atoms with E-state index in [0.717, 1.165) is 25.7 Å². The van der Waals surface area contributed by atoms with Crippen molar-refractivity contribution in [1.29, 1.82) is 0 Å². The van der Waals surface area contributed by atoms with E-state index in [4.69, 9.17) is 15.2 Å². The van der Waals surface area contributed by atoms with Crippen molar-refractivity contribution < 1.29 is 14.3 Å². The van der Waals surface area contributed by atoms with Gasteiger partial charge in [0.1, 0.15) is 11.9 Å². The molecule has 2 N–H and O–H groups in total. The van der Waals surface area contributed by atoms with Gasteiger partial charge in [-0.25, -0.2) is 4.79 Å². The van der Waals surface area contributed by atoms with Crippen LogP contribution in [0.2, 0.25) is 0 Å². The van der Waals surface area contributed by atoms with E-state index in [1.807, 2.05) is 19.1 Å². The predicted octanol–water partition coefficient (Wildman–Crippen LogP) is 3.30. The lowest BCUT2D eigenvalue weighted by Gasteiger charge is -2.24. The van der Waals surface area contributed by atoms with Crippen LogP contribution in [0.3, 0.4) is 0 Å². The average Bonchev–Trinajstić information content (AvgIpc) is 2.47. The van der Waals surface area contributed by atoms with E-state index in [0.29, 0.717) is 17.9 Å². The molecular formula is C16H23NO3. The Morgan fingerprint density at radius 3 is 2.65 bits per heavy atom. The van der Waals surface area contributed by atoms with Crippen molar-refractivity contribution in [2.75, 3.05) is 5.73 Å². The highest BCUT2D eigenvalue weighted by molar-refractivity contribution is 5.75. The first-order chi connectivity index (χ1) is 9.70. The summed E-state index contributed by atoms with van der Waals surface area (Å²) in [6.45, 7) is 1.91. The minimum absolute atomic E-state index is 0.0574. The van der Waals surface area contributed by atoms with Gasteiger partial charge in [-0.2, -0.15) is 0 Å². The average molecular weight is 277 g/mol. The van der Waals surface area contributed by atoms with Crippen molar-refractivity contribution in [3.63, 3.8) is 0 Å². The molecule has 4 nitrogen and oxygen atoms in total. The van der Waals surface area contributed by atoms with Gasteiger partial charge in [-0.15, -0.1) is 0 Å². The summed E-state index contributed by atoms with van der Waals surface area (Å²) in [6, 6.07) is 7.20. The molecule has 0 bridgehead atoms. The second kappa shape index (κ2) is 7.17. The normalized spacial score (nSPS) is 17.4. The van der Waals surface area contributed by atoms with Gasteiger partial charge in [-0.1, -0.05) is 25.5 Å². The van der Waals surface area contributed by atoms with Gasteiger partial charge in [0.2, 0.25) is 0 Å². The van der Waals surface area contributed by atoms with E-state index in [-0.39, 0.29) is 12.1 Å². The van der Waals surface area contributed by atoms with E-state index in [1.54, 1.807) is 12.1 Å². The summed E-state index contributed by atoms with van der Waals surface area (Å²) in [5.41, 5.74) is 6.37. The van der Waals surface area contributed by atoms with Crippen LogP contribution >= 0.6 is 0 Å². The molecule has 2 rings (SSSR count). The lowest BCUT2D eigenvalue weighted by molar-refractivity contribution is -0.159. The first-order valence-corrected chi connectivity index (χ1v) is 7.42. The van der Waals surface area contributed by atoms with Crippen molar-refractivity contribution in [2.45, 2.75) is 57.7 Å². The van der Waals surface area contributed by atoms with Crippen LogP contribution < -0.4 is 10.5 Å². The number of benzene rings is 1. The molecule has 1 unspecified atom stereocenters. The number of rotatable bonds is 5. The smallest absolute Gasteiger partial charge is 0.347 e. The maximum Gasteiger partial charge on any atom is 0.347 e. The minimum atomic E-state index is -0.582. The molecule has 1 aliphatic carbocycles. The number of carbonyl (C=O) groups is 1. The van der Waals surface area contributed by atoms with E-state index in [1.165, 1.54) is 6.42 Å². The number of para-hydroxylation sites is 2. The van der Waals surface area contributed by atoms with Gasteiger partial charge in [0, 0.05) is 0 Å². The molecule has 1 atom stereocenters. The molecule has 1 aliphatic rings.